The Morgan fingerprint density at radius 3 is 1.77 bits per heavy atom. The zero-order valence-corrected chi connectivity index (χ0v) is 11.1. The van der Waals surface area contributed by atoms with Gasteiger partial charge in [0.1, 0.15) is 0 Å². The van der Waals surface area contributed by atoms with Gasteiger partial charge in [-0.3, -0.25) is 4.79 Å². The van der Waals surface area contributed by atoms with E-state index in [1.807, 2.05) is 0 Å². The molecule has 0 rings (SSSR count). The third-order valence-electron chi connectivity index (χ3n) is 3.21. The Morgan fingerprint density at radius 2 is 1.69 bits per heavy atom. The second-order valence-electron chi connectivity index (χ2n) is 5.07. The molecule has 1 amide bonds. The van der Waals surface area contributed by atoms with Crippen LogP contribution in [0.25, 0.3) is 0 Å². The van der Waals surface area contributed by atoms with Crippen molar-refractivity contribution in [3.05, 3.63) is 0 Å². The summed E-state index contributed by atoms with van der Waals surface area (Å²) in [5.41, 5.74) is 0. The molecule has 0 spiro atoms. The largest absolute Gasteiger partial charge is 0.370 e. The number of nitrogens with zero attached hydrogens (tertiary/aromatic N) is 1. The highest BCUT2D eigenvalue weighted by molar-refractivity contribution is 6.79. The Kier molecular flexibility index (Phi) is 3.73. The molecule has 0 heterocycles. The van der Waals surface area contributed by atoms with E-state index in [9.17, 15) is 4.79 Å². The summed E-state index contributed by atoms with van der Waals surface area (Å²) < 4.78 is 2.06. The number of amides is 1. The summed E-state index contributed by atoms with van der Waals surface area (Å²) in [5, 5.41) is 0.245. The molecule has 0 aliphatic rings. The molecule has 0 fully saturated rings. The summed E-state index contributed by atoms with van der Waals surface area (Å²) in [4.78, 5) is 11.4. The average Bonchev–Trinajstić information content (AvgIpc) is 1.83. The molecule has 2 nitrogen and oxygen atoms in total. The standard InChI is InChI=1S/C10H23NOSi/c1-8-11(9(2)12)13(6,7)10(3,4)5/h8H2,1-7H3. The molecular formula is C10H23NOSi. The first-order chi connectivity index (χ1) is 5.64. The quantitative estimate of drug-likeness (QED) is 0.629. The summed E-state index contributed by atoms with van der Waals surface area (Å²) in [6.07, 6.45) is 0. The fourth-order valence-corrected chi connectivity index (χ4v) is 3.80. The van der Waals surface area contributed by atoms with Gasteiger partial charge in [-0.1, -0.05) is 33.9 Å². The van der Waals surface area contributed by atoms with Gasteiger partial charge in [0.05, 0.1) is 0 Å². The second-order valence-corrected chi connectivity index (χ2v) is 10.2. The monoisotopic (exact) mass is 201 g/mol. The van der Waals surface area contributed by atoms with Crippen LogP contribution in [0.3, 0.4) is 0 Å². The molecule has 0 aliphatic carbocycles. The Morgan fingerprint density at radius 1 is 1.31 bits per heavy atom. The van der Waals surface area contributed by atoms with Crippen molar-refractivity contribution in [1.29, 1.82) is 0 Å². The summed E-state index contributed by atoms with van der Waals surface area (Å²) in [6.45, 7) is 15.8. The van der Waals surface area contributed by atoms with Crippen molar-refractivity contribution >= 4 is 14.1 Å². The fourth-order valence-electron chi connectivity index (χ4n) is 1.42. The van der Waals surface area contributed by atoms with E-state index in [4.69, 9.17) is 0 Å². The van der Waals surface area contributed by atoms with E-state index >= 15 is 0 Å². The van der Waals surface area contributed by atoms with Crippen molar-refractivity contribution in [2.24, 2.45) is 0 Å². The van der Waals surface area contributed by atoms with Crippen molar-refractivity contribution in [2.75, 3.05) is 6.54 Å². The van der Waals surface area contributed by atoms with Crippen LogP contribution < -0.4 is 0 Å². The van der Waals surface area contributed by atoms with Gasteiger partial charge in [-0.15, -0.1) is 0 Å². The lowest BCUT2D eigenvalue weighted by Crippen LogP contribution is -2.56. The third-order valence-corrected chi connectivity index (χ3v) is 8.86. The van der Waals surface area contributed by atoms with E-state index < -0.39 is 8.24 Å². The van der Waals surface area contributed by atoms with E-state index in [2.05, 4.69) is 45.4 Å². The van der Waals surface area contributed by atoms with Gasteiger partial charge in [-0.25, -0.2) is 0 Å². The van der Waals surface area contributed by atoms with Crippen LogP contribution in [0, 0.1) is 0 Å². The number of carbonyl (C=O) groups is 1. The highest BCUT2D eigenvalue weighted by Crippen LogP contribution is 2.38. The predicted molar refractivity (Wildman–Crippen MR) is 60.3 cm³/mol. The van der Waals surface area contributed by atoms with Crippen molar-refractivity contribution in [1.82, 2.24) is 4.57 Å². The van der Waals surface area contributed by atoms with Gasteiger partial charge in [0.2, 0.25) is 5.91 Å². The summed E-state index contributed by atoms with van der Waals surface area (Å²) in [5.74, 6) is 0.217. The van der Waals surface area contributed by atoms with Gasteiger partial charge in [0, 0.05) is 13.5 Å². The molecule has 0 N–H and O–H groups in total. The molecule has 0 aliphatic heterocycles. The van der Waals surface area contributed by atoms with Gasteiger partial charge < -0.3 is 4.57 Å². The topological polar surface area (TPSA) is 20.3 Å². The molecule has 0 saturated carbocycles. The Balaban J connectivity index is 4.89. The van der Waals surface area contributed by atoms with Crippen LogP contribution >= 0.6 is 0 Å². The van der Waals surface area contributed by atoms with Crippen LogP contribution in [0.1, 0.15) is 34.6 Å². The van der Waals surface area contributed by atoms with E-state index in [-0.39, 0.29) is 10.9 Å². The zero-order valence-electron chi connectivity index (χ0n) is 10.1. The summed E-state index contributed by atoms with van der Waals surface area (Å²) >= 11 is 0. The predicted octanol–water partition coefficient (Wildman–Crippen LogP) is 2.86. The first-order valence-electron chi connectivity index (χ1n) is 4.92. The maximum Gasteiger partial charge on any atom is 0.211 e. The Bertz CT molecular complexity index is 194. The van der Waals surface area contributed by atoms with Crippen LogP contribution in [0.15, 0.2) is 0 Å². The normalized spacial score (nSPS) is 12.8. The molecule has 0 radical (unpaired) electrons. The maximum atomic E-state index is 11.4. The van der Waals surface area contributed by atoms with Gasteiger partial charge in [0.25, 0.3) is 0 Å². The molecule has 0 aromatic heterocycles. The molecule has 3 heteroatoms. The number of rotatable bonds is 2. The molecule has 0 aromatic rings. The van der Waals surface area contributed by atoms with E-state index in [1.54, 1.807) is 6.92 Å². The van der Waals surface area contributed by atoms with Crippen LogP contribution in [-0.2, 0) is 4.79 Å². The van der Waals surface area contributed by atoms with E-state index in [0.717, 1.165) is 6.54 Å². The smallest absolute Gasteiger partial charge is 0.211 e. The van der Waals surface area contributed by atoms with Crippen LogP contribution in [0.5, 0.6) is 0 Å². The van der Waals surface area contributed by atoms with Gasteiger partial charge in [-0.2, -0.15) is 0 Å². The van der Waals surface area contributed by atoms with Gasteiger partial charge >= 0.3 is 0 Å². The lowest BCUT2D eigenvalue weighted by atomic mass is 10.2. The summed E-state index contributed by atoms with van der Waals surface area (Å²) in [6, 6.07) is 0. The third kappa shape index (κ3) is 2.56. The Hall–Kier alpha value is -0.313. The van der Waals surface area contributed by atoms with Crippen LogP contribution in [0.2, 0.25) is 18.1 Å². The van der Waals surface area contributed by atoms with Crippen molar-refractivity contribution in [2.45, 2.75) is 52.8 Å². The molecule has 13 heavy (non-hydrogen) atoms. The van der Waals surface area contributed by atoms with Gasteiger partial charge in [0.15, 0.2) is 8.24 Å². The number of carbonyl (C=O) groups excluding carboxylic acids is 1. The first-order valence-corrected chi connectivity index (χ1v) is 7.87. The molecular weight excluding hydrogens is 178 g/mol. The maximum absolute atomic E-state index is 11.4. The van der Waals surface area contributed by atoms with Crippen molar-refractivity contribution < 1.29 is 4.79 Å². The highest BCUT2D eigenvalue weighted by atomic mass is 28.3. The summed E-state index contributed by atoms with van der Waals surface area (Å²) in [7, 11) is -1.61. The number of hydrogen-bond acceptors (Lipinski definition) is 1. The minimum Gasteiger partial charge on any atom is -0.370 e. The molecule has 0 bridgehead atoms. The highest BCUT2D eigenvalue weighted by Gasteiger charge is 2.41. The minimum absolute atomic E-state index is 0.217. The molecule has 0 unspecified atom stereocenters. The lowest BCUT2D eigenvalue weighted by molar-refractivity contribution is -0.124. The minimum atomic E-state index is -1.61. The Labute approximate surface area is 83.4 Å². The van der Waals surface area contributed by atoms with Crippen molar-refractivity contribution in [3.63, 3.8) is 0 Å². The average molecular weight is 201 g/mol. The van der Waals surface area contributed by atoms with Crippen LogP contribution in [-0.4, -0.2) is 25.3 Å². The fraction of sp³-hybridized carbons (Fsp3) is 0.900. The van der Waals surface area contributed by atoms with Crippen molar-refractivity contribution in [3.8, 4) is 0 Å². The lowest BCUT2D eigenvalue weighted by Gasteiger charge is -2.45. The molecule has 0 atom stereocenters. The van der Waals surface area contributed by atoms with E-state index in [0.29, 0.717) is 0 Å². The first kappa shape index (κ1) is 12.7. The molecule has 78 valence electrons. The van der Waals surface area contributed by atoms with Crippen LogP contribution in [0.4, 0.5) is 0 Å². The SMILES string of the molecule is CCN(C(C)=O)[Si](C)(C)C(C)(C)C. The molecule has 0 saturated heterocycles. The number of hydrogen-bond donors (Lipinski definition) is 0. The van der Waals surface area contributed by atoms with E-state index in [1.165, 1.54) is 0 Å². The second kappa shape index (κ2) is 3.82. The molecule has 0 aromatic carbocycles. The zero-order chi connectivity index (χ0) is 10.9. The van der Waals surface area contributed by atoms with Gasteiger partial charge in [-0.05, 0) is 12.0 Å².